The molecule has 1 aromatic heterocycles. The van der Waals surface area contributed by atoms with E-state index in [2.05, 4.69) is 10.2 Å². The van der Waals surface area contributed by atoms with Gasteiger partial charge in [-0.25, -0.2) is 5.10 Å². The van der Waals surface area contributed by atoms with Gasteiger partial charge >= 0.3 is 0 Å². The lowest BCUT2D eigenvalue weighted by Gasteiger charge is -2.22. The predicted octanol–water partition coefficient (Wildman–Crippen LogP) is 0.587. The Morgan fingerprint density at radius 3 is 2.35 bits per heavy atom. The zero-order valence-corrected chi connectivity index (χ0v) is 13.4. The summed E-state index contributed by atoms with van der Waals surface area (Å²) >= 11 is 0. The lowest BCUT2D eigenvalue weighted by Crippen LogP contribution is -2.37. The highest BCUT2D eigenvalue weighted by molar-refractivity contribution is 5.88. The summed E-state index contributed by atoms with van der Waals surface area (Å²) in [6, 6.07) is 7.13. The molecule has 0 unspecified atom stereocenters. The molecular weight excluding hydrogens is 298 g/mol. The highest BCUT2D eigenvalue weighted by Gasteiger charge is 2.16. The van der Waals surface area contributed by atoms with Crippen molar-refractivity contribution in [3.8, 4) is 0 Å². The van der Waals surface area contributed by atoms with E-state index in [-0.39, 0.29) is 17.9 Å². The van der Waals surface area contributed by atoms with Crippen molar-refractivity contribution in [3.63, 3.8) is 0 Å². The summed E-state index contributed by atoms with van der Waals surface area (Å²) in [5.74, 6) is -0.0798. The van der Waals surface area contributed by atoms with Crippen LogP contribution in [0, 0.1) is 0 Å². The van der Waals surface area contributed by atoms with Crippen LogP contribution in [0.4, 0.5) is 0 Å². The van der Waals surface area contributed by atoms with Crippen molar-refractivity contribution in [3.05, 3.63) is 40.3 Å². The summed E-state index contributed by atoms with van der Waals surface area (Å²) < 4.78 is 10.1. The van der Waals surface area contributed by atoms with Crippen LogP contribution >= 0.6 is 0 Å². The number of rotatable bonds is 8. The molecule has 1 aromatic carbocycles. The quantitative estimate of drug-likeness (QED) is 0.770. The molecule has 7 heteroatoms. The smallest absolute Gasteiger partial charge is 0.272 e. The summed E-state index contributed by atoms with van der Waals surface area (Å²) in [4.78, 5) is 26.0. The van der Waals surface area contributed by atoms with Gasteiger partial charge in [-0.2, -0.15) is 5.10 Å². The molecule has 124 valence electrons. The van der Waals surface area contributed by atoms with E-state index in [1.165, 1.54) is 0 Å². The van der Waals surface area contributed by atoms with Crippen LogP contribution in [0.2, 0.25) is 0 Å². The predicted molar refractivity (Wildman–Crippen MR) is 86.4 cm³/mol. The van der Waals surface area contributed by atoms with Gasteiger partial charge in [-0.15, -0.1) is 0 Å². The number of carbonyl (C=O) groups excluding carboxylic acids is 1. The van der Waals surface area contributed by atoms with Crippen molar-refractivity contribution >= 4 is 16.7 Å². The first-order valence-electron chi connectivity index (χ1n) is 7.39. The number of amides is 1. The average Bonchev–Trinajstić information content (AvgIpc) is 2.57. The first kappa shape index (κ1) is 17.1. The minimum absolute atomic E-state index is 0.0798. The number of aromatic nitrogens is 2. The molecule has 0 saturated carbocycles. The lowest BCUT2D eigenvalue weighted by molar-refractivity contribution is -0.131. The van der Waals surface area contributed by atoms with E-state index in [9.17, 15) is 9.59 Å². The van der Waals surface area contributed by atoms with Crippen LogP contribution in [0.1, 0.15) is 5.69 Å². The second-order valence-electron chi connectivity index (χ2n) is 5.09. The fourth-order valence-corrected chi connectivity index (χ4v) is 2.33. The molecule has 23 heavy (non-hydrogen) atoms. The van der Waals surface area contributed by atoms with E-state index in [0.717, 1.165) is 0 Å². The Labute approximate surface area is 134 Å². The van der Waals surface area contributed by atoms with E-state index >= 15 is 0 Å². The highest BCUT2D eigenvalue weighted by Crippen LogP contribution is 2.13. The van der Waals surface area contributed by atoms with E-state index in [1.807, 2.05) is 6.07 Å². The highest BCUT2D eigenvalue weighted by atomic mass is 16.5. The van der Waals surface area contributed by atoms with Gasteiger partial charge in [-0.05, 0) is 6.07 Å². The SMILES string of the molecule is COCCN(CCOC)C(=O)Cc1n[nH]c(=O)c2ccccc12. The number of H-pyrrole nitrogens is 1. The van der Waals surface area contributed by atoms with Crippen LogP contribution in [0.15, 0.2) is 29.1 Å². The van der Waals surface area contributed by atoms with E-state index in [4.69, 9.17) is 9.47 Å². The van der Waals surface area contributed by atoms with Crippen molar-refractivity contribution in [2.75, 3.05) is 40.5 Å². The van der Waals surface area contributed by atoms with Gasteiger partial charge in [0.1, 0.15) is 0 Å². The molecule has 1 N–H and O–H groups in total. The molecule has 0 saturated heterocycles. The van der Waals surface area contributed by atoms with Gasteiger partial charge in [0.2, 0.25) is 5.91 Å². The Balaban J connectivity index is 2.20. The second-order valence-corrected chi connectivity index (χ2v) is 5.09. The summed E-state index contributed by atoms with van der Waals surface area (Å²) in [5, 5.41) is 7.72. The Bertz CT molecular complexity index is 706. The molecule has 0 spiro atoms. The maximum atomic E-state index is 12.5. The van der Waals surface area contributed by atoms with Gasteiger partial charge in [0, 0.05) is 32.7 Å². The third-order valence-corrected chi connectivity index (χ3v) is 3.58. The number of fused-ring (bicyclic) bond motifs is 1. The molecular formula is C16H21N3O4. The van der Waals surface area contributed by atoms with Crippen molar-refractivity contribution in [2.24, 2.45) is 0 Å². The zero-order chi connectivity index (χ0) is 16.7. The number of aromatic amines is 1. The molecule has 0 aliphatic heterocycles. The van der Waals surface area contributed by atoms with Crippen LogP contribution in [0.5, 0.6) is 0 Å². The van der Waals surface area contributed by atoms with Gasteiger partial charge in [0.25, 0.3) is 5.56 Å². The number of methoxy groups -OCH3 is 2. The number of carbonyl (C=O) groups is 1. The summed E-state index contributed by atoms with van der Waals surface area (Å²) in [7, 11) is 3.19. The molecule has 2 aromatic rings. The monoisotopic (exact) mass is 319 g/mol. The first-order chi connectivity index (χ1) is 11.2. The molecule has 0 aliphatic rings. The number of nitrogens with zero attached hydrogens (tertiary/aromatic N) is 2. The third kappa shape index (κ3) is 4.37. The summed E-state index contributed by atoms with van der Waals surface area (Å²) in [6.07, 6.45) is 0.116. The summed E-state index contributed by atoms with van der Waals surface area (Å²) in [6.45, 7) is 1.88. The third-order valence-electron chi connectivity index (χ3n) is 3.58. The molecule has 0 atom stereocenters. The minimum Gasteiger partial charge on any atom is -0.383 e. The fraction of sp³-hybridized carbons (Fsp3) is 0.438. The Morgan fingerprint density at radius 2 is 1.74 bits per heavy atom. The van der Waals surface area contributed by atoms with Gasteiger partial charge in [0.15, 0.2) is 0 Å². The van der Waals surface area contributed by atoms with Gasteiger partial charge < -0.3 is 14.4 Å². The number of hydrogen-bond acceptors (Lipinski definition) is 5. The van der Waals surface area contributed by atoms with Crippen molar-refractivity contribution in [1.82, 2.24) is 15.1 Å². The lowest BCUT2D eigenvalue weighted by atomic mass is 10.1. The maximum Gasteiger partial charge on any atom is 0.272 e. The van der Waals surface area contributed by atoms with Crippen molar-refractivity contribution in [1.29, 1.82) is 0 Å². The average molecular weight is 319 g/mol. The second kappa shape index (κ2) is 8.40. The summed E-state index contributed by atoms with van der Waals surface area (Å²) in [5.41, 5.74) is 0.303. The van der Waals surface area contributed by atoms with Crippen molar-refractivity contribution < 1.29 is 14.3 Å². The van der Waals surface area contributed by atoms with E-state index < -0.39 is 0 Å². The minimum atomic E-state index is -0.257. The normalized spacial score (nSPS) is 10.9. The Kier molecular flexibility index (Phi) is 6.25. The molecule has 0 aliphatic carbocycles. The van der Waals surface area contributed by atoms with Crippen LogP contribution < -0.4 is 5.56 Å². The molecule has 0 fully saturated rings. The van der Waals surface area contributed by atoms with Gasteiger partial charge in [0.05, 0.1) is 30.7 Å². The standard InChI is InChI=1S/C16H21N3O4/c1-22-9-7-19(8-10-23-2)15(20)11-14-12-5-3-4-6-13(12)16(21)18-17-14/h3-6H,7-11H2,1-2H3,(H,18,21). The van der Waals surface area contributed by atoms with Gasteiger partial charge in [-0.3, -0.25) is 9.59 Å². The Morgan fingerprint density at radius 1 is 1.13 bits per heavy atom. The first-order valence-corrected chi connectivity index (χ1v) is 7.39. The van der Waals surface area contributed by atoms with Crippen LogP contribution in [-0.2, 0) is 20.7 Å². The zero-order valence-electron chi connectivity index (χ0n) is 13.4. The molecule has 1 amide bonds. The van der Waals surface area contributed by atoms with Crippen LogP contribution in [0.25, 0.3) is 10.8 Å². The van der Waals surface area contributed by atoms with Crippen molar-refractivity contribution in [2.45, 2.75) is 6.42 Å². The van der Waals surface area contributed by atoms with E-state index in [1.54, 1.807) is 37.3 Å². The molecule has 7 nitrogen and oxygen atoms in total. The fourth-order valence-electron chi connectivity index (χ4n) is 2.33. The van der Waals surface area contributed by atoms with Crippen LogP contribution in [-0.4, -0.2) is 61.5 Å². The largest absolute Gasteiger partial charge is 0.383 e. The topological polar surface area (TPSA) is 84.5 Å². The maximum absolute atomic E-state index is 12.5. The van der Waals surface area contributed by atoms with Crippen LogP contribution in [0.3, 0.4) is 0 Å². The molecule has 2 rings (SSSR count). The molecule has 1 heterocycles. The van der Waals surface area contributed by atoms with Gasteiger partial charge in [-0.1, -0.05) is 18.2 Å². The Hall–Kier alpha value is -2.25. The number of ether oxygens (including phenoxy) is 2. The number of hydrogen-bond donors (Lipinski definition) is 1. The number of nitrogens with one attached hydrogen (secondary N) is 1. The molecule has 0 bridgehead atoms. The van der Waals surface area contributed by atoms with E-state index in [0.29, 0.717) is 42.8 Å². The molecule has 0 radical (unpaired) electrons. The number of benzene rings is 1.